The normalized spacial score (nSPS) is 10.1. The maximum atomic E-state index is 11.4. The molecule has 2 rings (SSSR count). The summed E-state index contributed by atoms with van der Waals surface area (Å²) in [6.07, 6.45) is 0. The standard InChI is InChI=1S/C14H12O6/c1-18-14(17)9-3-2-4-10(7-9)19-8-11-5-6-12(20-11)13(15)16/h2-7H,8H2,1H3,(H,15,16). The fourth-order valence-electron chi connectivity index (χ4n) is 1.56. The summed E-state index contributed by atoms with van der Waals surface area (Å²) in [4.78, 5) is 22.0. The number of carboxylic acid groups (broad SMARTS) is 1. The zero-order chi connectivity index (χ0) is 14.5. The Labute approximate surface area is 114 Å². The highest BCUT2D eigenvalue weighted by atomic mass is 16.5. The number of esters is 1. The van der Waals surface area contributed by atoms with E-state index in [4.69, 9.17) is 14.3 Å². The van der Waals surface area contributed by atoms with Crippen LogP contribution in [-0.4, -0.2) is 24.2 Å². The van der Waals surface area contributed by atoms with Crippen LogP contribution >= 0.6 is 0 Å². The third-order valence-corrected chi connectivity index (χ3v) is 2.51. The van der Waals surface area contributed by atoms with E-state index in [-0.39, 0.29) is 12.4 Å². The van der Waals surface area contributed by atoms with Gasteiger partial charge in [0, 0.05) is 0 Å². The molecule has 0 aliphatic carbocycles. The van der Waals surface area contributed by atoms with Gasteiger partial charge < -0.3 is 19.0 Å². The molecular weight excluding hydrogens is 264 g/mol. The Hall–Kier alpha value is -2.76. The number of hydrogen-bond donors (Lipinski definition) is 1. The number of carbonyl (C=O) groups excluding carboxylic acids is 1. The summed E-state index contributed by atoms with van der Waals surface area (Å²) in [5.74, 6) is -0.899. The molecular formula is C14H12O6. The van der Waals surface area contributed by atoms with E-state index in [0.717, 1.165) is 0 Å². The fraction of sp³-hybridized carbons (Fsp3) is 0.143. The second-order valence-electron chi connectivity index (χ2n) is 3.88. The van der Waals surface area contributed by atoms with Crippen molar-refractivity contribution in [3.63, 3.8) is 0 Å². The van der Waals surface area contributed by atoms with Crippen molar-refractivity contribution in [2.75, 3.05) is 7.11 Å². The van der Waals surface area contributed by atoms with Crippen LogP contribution in [0.3, 0.4) is 0 Å². The first-order chi connectivity index (χ1) is 9.60. The Morgan fingerprint density at radius 3 is 2.70 bits per heavy atom. The van der Waals surface area contributed by atoms with Gasteiger partial charge in [-0.25, -0.2) is 9.59 Å². The first kappa shape index (κ1) is 13.7. The minimum Gasteiger partial charge on any atom is -0.486 e. The Balaban J connectivity index is 2.03. The lowest BCUT2D eigenvalue weighted by atomic mass is 10.2. The van der Waals surface area contributed by atoms with E-state index < -0.39 is 11.9 Å². The topological polar surface area (TPSA) is 86.0 Å². The Bertz CT molecular complexity index is 628. The van der Waals surface area contributed by atoms with Gasteiger partial charge in [0.25, 0.3) is 0 Å². The van der Waals surface area contributed by atoms with Crippen LogP contribution in [0, 0.1) is 0 Å². The summed E-state index contributed by atoms with van der Waals surface area (Å²) in [5.41, 5.74) is 0.371. The molecule has 0 fully saturated rings. The van der Waals surface area contributed by atoms with Crippen LogP contribution in [0.15, 0.2) is 40.8 Å². The van der Waals surface area contributed by atoms with Gasteiger partial charge in [0.15, 0.2) is 0 Å². The van der Waals surface area contributed by atoms with E-state index in [9.17, 15) is 9.59 Å². The second-order valence-corrected chi connectivity index (χ2v) is 3.88. The molecule has 1 aromatic heterocycles. The predicted molar refractivity (Wildman–Crippen MR) is 67.8 cm³/mol. The zero-order valence-electron chi connectivity index (χ0n) is 10.7. The van der Waals surface area contributed by atoms with Crippen molar-refractivity contribution >= 4 is 11.9 Å². The van der Waals surface area contributed by atoms with E-state index >= 15 is 0 Å². The number of aromatic carboxylic acids is 1. The molecule has 0 aliphatic heterocycles. The molecule has 6 heteroatoms. The van der Waals surface area contributed by atoms with Gasteiger partial charge in [0.05, 0.1) is 12.7 Å². The van der Waals surface area contributed by atoms with Crippen molar-refractivity contribution < 1.29 is 28.6 Å². The van der Waals surface area contributed by atoms with Crippen molar-refractivity contribution in [2.24, 2.45) is 0 Å². The summed E-state index contributed by atoms with van der Waals surface area (Å²) < 4.78 is 15.1. The lowest BCUT2D eigenvalue weighted by Gasteiger charge is -2.05. The molecule has 0 unspecified atom stereocenters. The van der Waals surface area contributed by atoms with Crippen LogP contribution in [0.2, 0.25) is 0 Å². The molecule has 0 saturated heterocycles. The van der Waals surface area contributed by atoms with Crippen molar-refractivity contribution in [1.29, 1.82) is 0 Å². The summed E-state index contributed by atoms with van der Waals surface area (Å²) in [5, 5.41) is 8.72. The van der Waals surface area contributed by atoms with Crippen LogP contribution in [0.25, 0.3) is 0 Å². The monoisotopic (exact) mass is 276 g/mol. The van der Waals surface area contributed by atoms with E-state index in [1.807, 2.05) is 0 Å². The fourth-order valence-corrected chi connectivity index (χ4v) is 1.56. The molecule has 0 bridgehead atoms. The summed E-state index contributed by atoms with van der Waals surface area (Å²) in [7, 11) is 1.30. The van der Waals surface area contributed by atoms with Crippen molar-refractivity contribution in [2.45, 2.75) is 6.61 Å². The first-order valence-electron chi connectivity index (χ1n) is 5.73. The van der Waals surface area contributed by atoms with Crippen LogP contribution in [0.5, 0.6) is 5.75 Å². The molecule has 0 spiro atoms. The number of carboxylic acids is 1. The summed E-state index contributed by atoms with van der Waals surface area (Å²) in [6, 6.07) is 9.35. The highest BCUT2D eigenvalue weighted by Gasteiger charge is 2.10. The van der Waals surface area contributed by atoms with Gasteiger partial charge in [-0.1, -0.05) is 6.07 Å². The predicted octanol–water partition coefficient (Wildman–Crippen LogP) is 2.34. The second kappa shape index (κ2) is 5.92. The molecule has 104 valence electrons. The highest BCUT2D eigenvalue weighted by Crippen LogP contribution is 2.17. The number of ether oxygens (including phenoxy) is 2. The average Bonchev–Trinajstić information content (AvgIpc) is 2.93. The molecule has 0 radical (unpaired) electrons. The molecule has 20 heavy (non-hydrogen) atoms. The number of furan rings is 1. The third-order valence-electron chi connectivity index (χ3n) is 2.51. The Kier molecular flexibility index (Phi) is 4.05. The van der Waals surface area contributed by atoms with Gasteiger partial charge in [-0.2, -0.15) is 0 Å². The first-order valence-corrected chi connectivity index (χ1v) is 5.73. The van der Waals surface area contributed by atoms with Crippen LogP contribution in [-0.2, 0) is 11.3 Å². The SMILES string of the molecule is COC(=O)c1cccc(OCc2ccc(C(=O)O)o2)c1. The maximum absolute atomic E-state index is 11.4. The maximum Gasteiger partial charge on any atom is 0.371 e. The Morgan fingerprint density at radius 2 is 2.05 bits per heavy atom. The number of rotatable bonds is 5. The highest BCUT2D eigenvalue weighted by molar-refractivity contribution is 5.89. The van der Waals surface area contributed by atoms with E-state index in [0.29, 0.717) is 17.1 Å². The number of carbonyl (C=O) groups is 2. The van der Waals surface area contributed by atoms with E-state index in [1.54, 1.807) is 18.2 Å². The van der Waals surface area contributed by atoms with Crippen LogP contribution in [0.4, 0.5) is 0 Å². The molecule has 0 aliphatic rings. The molecule has 1 N–H and O–H groups in total. The van der Waals surface area contributed by atoms with Gasteiger partial charge in [0.2, 0.25) is 5.76 Å². The average molecular weight is 276 g/mol. The van der Waals surface area contributed by atoms with Crippen LogP contribution in [0.1, 0.15) is 26.7 Å². The van der Waals surface area contributed by atoms with Gasteiger partial charge in [-0.15, -0.1) is 0 Å². The minimum absolute atomic E-state index is 0.0674. The van der Waals surface area contributed by atoms with Crippen molar-refractivity contribution in [1.82, 2.24) is 0 Å². The molecule has 0 saturated carbocycles. The quantitative estimate of drug-likeness (QED) is 0.843. The molecule has 6 nitrogen and oxygen atoms in total. The lowest BCUT2D eigenvalue weighted by Crippen LogP contribution is -2.02. The molecule has 1 aromatic carbocycles. The Morgan fingerprint density at radius 1 is 1.25 bits per heavy atom. The van der Waals surface area contributed by atoms with Gasteiger partial charge >= 0.3 is 11.9 Å². The summed E-state index contributed by atoms with van der Waals surface area (Å²) >= 11 is 0. The molecule has 0 atom stereocenters. The largest absolute Gasteiger partial charge is 0.486 e. The number of hydrogen-bond acceptors (Lipinski definition) is 5. The molecule has 2 aromatic rings. The molecule has 0 amide bonds. The number of benzene rings is 1. The smallest absolute Gasteiger partial charge is 0.371 e. The van der Waals surface area contributed by atoms with Gasteiger partial charge in [-0.3, -0.25) is 0 Å². The third kappa shape index (κ3) is 3.17. The van der Waals surface area contributed by atoms with Crippen molar-refractivity contribution in [3.8, 4) is 5.75 Å². The zero-order valence-corrected chi connectivity index (χ0v) is 10.7. The van der Waals surface area contributed by atoms with Gasteiger partial charge in [0.1, 0.15) is 18.1 Å². The number of methoxy groups -OCH3 is 1. The molecule has 1 heterocycles. The van der Waals surface area contributed by atoms with Gasteiger partial charge in [-0.05, 0) is 30.3 Å². The lowest BCUT2D eigenvalue weighted by molar-refractivity contribution is 0.0598. The minimum atomic E-state index is -1.14. The van der Waals surface area contributed by atoms with E-state index in [2.05, 4.69) is 4.74 Å². The van der Waals surface area contributed by atoms with Crippen molar-refractivity contribution in [3.05, 3.63) is 53.5 Å². The summed E-state index contributed by atoms with van der Waals surface area (Å²) in [6.45, 7) is 0.0674. The van der Waals surface area contributed by atoms with E-state index in [1.165, 1.54) is 25.3 Å². The van der Waals surface area contributed by atoms with Crippen LogP contribution < -0.4 is 4.74 Å².